The van der Waals surface area contributed by atoms with Gasteiger partial charge in [-0.1, -0.05) is 27.7 Å². The molecule has 3 nitrogen and oxygen atoms in total. The van der Waals surface area contributed by atoms with Gasteiger partial charge < -0.3 is 9.47 Å². The van der Waals surface area contributed by atoms with Crippen molar-refractivity contribution in [1.82, 2.24) is 4.98 Å². The largest absolute Gasteiger partial charge is 0.382 e. The van der Waals surface area contributed by atoms with Crippen molar-refractivity contribution in [2.75, 3.05) is 13.7 Å². The molecule has 1 aromatic heterocycles. The van der Waals surface area contributed by atoms with Gasteiger partial charge in [0.25, 0.3) is 0 Å². The molecular formula is C16H27NO2. The fraction of sp³-hybridized carbons (Fsp3) is 0.688. The van der Waals surface area contributed by atoms with E-state index < -0.39 is 0 Å². The number of ether oxygens (including phenoxy) is 2. The number of aromatic nitrogens is 1. The monoisotopic (exact) mass is 265 g/mol. The van der Waals surface area contributed by atoms with Crippen LogP contribution in [0.25, 0.3) is 0 Å². The Hall–Kier alpha value is -0.930. The summed E-state index contributed by atoms with van der Waals surface area (Å²) in [6.07, 6.45) is 1.81. The Balaban J connectivity index is 0.000000861. The highest BCUT2D eigenvalue weighted by Gasteiger charge is 2.45. The van der Waals surface area contributed by atoms with Gasteiger partial charge in [0.1, 0.15) is 6.10 Å². The summed E-state index contributed by atoms with van der Waals surface area (Å²) < 4.78 is 11.4. The van der Waals surface area contributed by atoms with E-state index in [9.17, 15) is 0 Å². The van der Waals surface area contributed by atoms with E-state index in [-0.39, 0.29) is 11.7 Å². The minimum atomic E-state index is -0.253. The predicted molar refractivity (Wildman–Crippen MR) is 78.2 cm³/mol. The second kappa shape index (κ2) is 6.49. The van der Waals surface area contributed by atoms with Gasteiger partial charge in [0, 0.05) is 18.9 Å². The molecule has 0 saturated heterocycles. The second-order valence-corrected chi connectivity index (χ2v) is 5.21. The summed E-state index contributed by atoms with van der Waals surface area (Å²) in [5.74, 6) is 0.408. The van der Waals surface area contributed by atoms with E-state index in [1.54, 1.807) is 7.11 Å². The van der Waals surface area contributed by atoms with Crippen molar-refractivity contribution >= 4 is 0 Å². The zero-order chi connectivity index (χ0) is 14.6. The maximum atomic E-state index is 6.21. The van der Waals surface area contributed by atoms with Crippen LogP contribution < -0.4 is 0 Å². The number of rotatable bonds is 3. The maximum absolute atomic E-state index is 6.21. The lowest BCUT2D eigenvalue weighted by molar-refractivity contribution is -0.113. The fourth-order valence-electron chi connectivity index (χ4n) is 2.57. The van der Waals surface area contributed by atoms with Gasteiger partial charge in [-0.3, -0.25) is 4.98 Å². The number of fused-ring (bicyclic) bond motifs is 1. The minimum Gasteiger partial charge on any atom is -0.382 e. The molecule has 2 atom stereocenters. The van der Waals surface area contributed by atoms with Gasteiger partial charge in [-0.2, -0.15) is 0 Å². The third-order valence-corrected chi connectivity index (χ3v) is 3.80. The SMILES string of the molecule is CC.COCC1OC(C)(C(C)C)c2c(C)ccnc21. The van der Waals surface area contributed by atoms with Crippen LogP contribution in [0.1, 0.15) is 57.5 Å². The average molecular weight is 265 g/mol. The number of aryl methyl sites for hydroxylation is 1. The van der Waals surface area contributed by atoms with Crippen LogP contribution >= 0.6 is 0 Å². The number of nitrogens with zero attached hydrogens (tertiary/aromatic N) is 1. The van der Waals surface area contributed by atoms with Crippen molar-refractivity contribution in [3.63, 3.8) is 0 Å². The van der Waals surface area contributed by atoms with Crippen LogP contribution in [-0.2, 0) is 15.1 Å². The quantitative estimate of drug-likeness (QED) is 0.827. The molecule has 3 heteroatoms. The van der Waals surface area contributed by atoms with Gasteiger partial charge in [-0.25, -0.2) is 0 Å². The average Bonchev–Trinajstić information content (AvgIpc) is 2.68. The third-order valence-electron chi connectivity index (χ3n) is 3.80. The van der Waals surface area contributed by atoms with Gasteiger partial charge in [0.15, 0.2) is 0 Å². The lowest BCUT2D eigenvalue weighted by Crippen LogP contribution is -2.29. The molecule has 0 aromatic carbocycles. The van der Waals surface area contributed by atoms with Crippen molar-refractivity contribution in [2.24, 2.45) is 5.92 Å². The highest BCUT2D eigenvalue weighted by atomic mass is 16.5. The lowest BCUT2D eigenvalue weighted by atomic mass is 9.83. The van der Waals surface area contributed by atoms with E-state index in [0.29, 0.717) is 12.5 Å². The Morgan fingerprint density at radius 3 is 2.58 bits per heavy atom. The highest BCUT2D eigenvalue weighted by molar-refractivity contribution is 5.39. The van der Waals surface area contributed by atoms with Crippen molar-refractivity contribution in [3.8, 4) is 0 Å². The van der Waals surface area contributed by atoms with Crippen LogP contribution in [0.15, 0.2) is 12.3 Å². The summed E-state index contributed by atoms with van der Waals surface area (Å²) in [7, 11) is 1.70. The van der Waals surface area contributed by atoms with Crippen LogP contribution in [0, 0.1) is 12.8 Å². The van der Waals surface area contributed by atoms with Gasteiger partial charge in [0.2, 0.25) is 0 Å². The molecule has 2 rings (SSSR count). The molecule has 1 aliphatic rings. The molecule has 1 aliphatic heterocycles. The topological polar surface area (TPSA) is 31.4 Å². The molecule has 0 saturated carbocycles. The maximum Gasteiger partial charge on any atom is 0.124 e. The fourth-order valence-corrected chi connectivity index (χ4v) is 2.57. The molecule has 0 radical (unpaired) electrons. The summed E-state index contributed by atoms with van der Waals surface area (Å²) in [5.41, 5.74) is 3.29. The summed E-state index contributed by atoms with van der Waals surface area (Å²) in [6, 6.07) is 2.05. The Morgan fingerprint density at radius 2 is 2.05 bits per heavy atom. The zero-order valence-electron chi connectivity index (χ0n) is 13.3. The smallest absolute Gasteiger partial charge is 0.124 e. The first-order chi connectivity index (χ1) is 9.00. The molecule has 1 aromatic rings. The standard InChI is InChI=1S/C14H21NO2.C2H6/c1-9(2)14(4)12-10(3)6-7-15-13(12)11(17-14)8-16-5;1-2/h6-7,9,11H,8H2,1-5H3;1-2H3. The molecule has 2 heterocycles. The van der Waals surface area contributed by atoms with E-state index in [1.165, 1.54) is 11.1 Å². The predicted octanol–water partition coefficient (Wildman–Crippen LogP) is 4.01. The van der Waals surface area contributed by atoms with Gasteiger partial charge in [0.05, 0.1) is 17.9 Å². The van der Waals surface area contributed by atoms with E-state index in [2.05, 4.69) is 38.7 Å². The van der Waals surface area contributed by atoms with E-state index in [1.807, 2.05) is 20.0 Å². The Bertz CT molecular complexity index is 417. The summed E-state index contributed by atoms with van der Waals surface area (Å²) in [4.78, 5) is 4.49. The Labute approximate surface area is 117 Å². The van der Waals surface area contributed by atoms with Crippen LogP contribution in [0.5, 0.6) is 0 Å². The number of pyridine rings is 1. The molecule has 0 N–H and O–H groups in total. The Morgan fingerprint density at radius 1 is 1.42 bits per heavy atom. The van der Waals surface area contributed by atoms with E-state index in [0.717, 1.165) is 5.69 Å². The number of hydrogen-bond acceptors (Lipinski definition) is 3. The molecule has 108 valence electrons. The van der Waals surface area contributed by atoms with E-state index in [4.69, 9.17) is 9.47 Å². The molecule has 0 amide bonds. The zero-order valence-corrected chi connectivity index (χ0v) is 13.3. The molecule has 19 heavy (non-hydrogen) atoms. The van der Waals surface area contributed by atoms with Crippen molar-refractivity contribution in [3.05, 3.63) is 29.1 Å². The van der Waals surface area contributed by atoms with Crippen LogP contribution in [0.3, 0.4) is 0 Å². The molecule has 2 unspecified atom stereocenters. The number of methoxy groups -OCH3 is 1. The van der Waals surface area contributed by atoms with Crippen LogP contribution in [-0.4, -0.2) is 18.7 Å². The van der Waals surface area contributed by atoms with Gasteiger partial charge in [-0.15, -0.1) is 0 Å². The normalized spacial score (nSPS) is 24.9. The molecule has 0 bridgehead atoms. The van der Waals surface area contributed by atoms with Gasteiger partial charge in [-0.05, 0) is 31.4 Å². The van der Waals surface area contributed by atoms with Crippen molar-refractivity contribution in [2.45, 2.75) is 53.2 Å². The molecular weight excluding hydrogens is 238 g/mol. The number of hydrogen-bond donors (Lipinski definition) is 0. The second-order valence-electron chi connectivity index (χ2n) is 5.21. The van der Waals surface area contributed by atoms with Crippen LogP contribution in [0.4, 0.5) is 0 Å². The first-order valence-corrected chi connectivity index (χ1v) is 7.13. The lowest BCUT2D eigenvalue weighted by Gasteiger charge is -2.31. The van der Waals surface area contributed by atoms with Crippen molar-refractivity contribution < 1.29 is 9.47 Å². The summed E-state index contributed by atoms with van der Waals surface area (Å²) >= 11 is 0. The van der Waals surface area contributed by atoms with Crippen LogP contribution in [0.2, 0.25) is 0 Å². The summed E-state index contributed by atoms with van der Waals surface area (Å²) in [6.45, 7) is 13.2. The minimum absolute atomic E-state index is 0.0395. The molecule has 0 fully saturated rings. The first kappa shape index (κ1) is 16.1. The molecule has 0 spiro atoms. The van der Waals surface area contributed by atoms with Crippen molar-refractivity contribution in [1.29, 1.82) is 0 Å². The third kappa shape index (κ3) is 2.82. The van der Waals surface area contributed by atoms with Gasteiger partial charge >= 0.3 is 0 Å². The molecule has 0 aliphatic carbocycles. The highest BCUT2D eigenvalue weighted by Crippen LogP contribution is 2.47. The summed E-state index contributed by atoms with van der Waals surface area (Å²) in [5, 5.41) is 0. The van der Waals surface area contributed by atoms with E-state index >= 15 is 0 Å². The Kier molecular flexibility index (Phi) is 5.50. The first-order valence-electron chi connectivity index (χ1n) is 7.13.